The van der Waals surface area contributed by atoms with Crippen molar-refractivity contribution in [2.24, 2.45) is 0 Å². The number of fused-ring (bicyclic) bond motifs is 6. The Morgan fingerprint density at radius 3 is 1.55 bits per heavy atom. The molecular formula is C56H36. The van der Waals surface area contributed by atoms with Crippen molar-refractivity contribution in [1.82, 2.24) is 0 Å². The molecule has 1 atom stereocenters. The van der Waals surface area contributed by atoms with Gasteiger partial charge in [0.1, 0.15) is 0 Å². The third-order valence-corrected chi connectivity index (χ3v) is 12.6. The average Bonchev–Trinajstić information content (AvgIpc) is 3.27. The van der Waals surface area contributed by atoms with Crippen molar-refractivity contribution in [2.75, 3.05) is 0 Å². The van der Waals surface area contributed by atoms with Gasteiger partial charge in [0, 0.05) is 5.92 Å². The number of rotatable bonds is 4. The molecule has 0 saturated carbocycles. The molecule has 0 amide bonds. The summed E-state index contributed by atoms with van der Waals surface area (Å²) in [6.07, 6.45) is 13.0. The molecule has 0 aliphatic heterocycles. The summed E-state index contributed by atoms with van der Waals surface area (Å²) >= 11 is 0. The number of hydrogen-bond donors (Lipinski definition) is 0. The molecule has 3 aliphatic carbocycles. The number of hydrogen-bond acceptors (Lipinski definition) is 0. The maximum Gasteiger partial charge on any atom is 0.0352 e. The summed E-state index contributed by atoms with van der Waals surface area (Å²) in [6, 6.07) is 63.0. The summed E-state index contributed by atoms with van der Waals surface area (Å²) in [5.74, 6) is 0.189. The third-order valence-electron chi connectivity index (χ3n) is 12.6. The lowest BCUT2D eigenvalue weighted by Crippen LogP contribution is -2.20. The number of allylic oxidation sites excluding steroid dienone is 7. The minimum absolute atomic E-state index is 0.189. The van der Waals surface area contributed by atoms with Crippen LogP contribution >= 0.6 is 0 Å². The van der Waals surface area contributed by atoms with Gasteiger partial charge in [-0.3, -0.25) is 0 Å². The van der Waals surface area contributed by atoms with Crippen molar-refractivity contribution in [1.29, 1.82) is 0 Å². The van der Waals surface area contributed by atoms with Gasteiger partial charge in [-0.05, 0) is 122 Å². The molecule has 1 unspecified atom stereocenters. The van der Waals surface area contributed by atoms with Gasteiger partial charge in [0.05, 0.1) is 0 Å². The zero-order valence-corrected chi connectivity index (χ0v) is 30.8. The van der Waals surface area contributed by atoms with Crippen LogP contribution < -0.4 is 0 Å². The first kappa shape index (κ1) is 31.3. The van der Waals surface area contributed by atoms with Gasteiger partial charge >= 0.3 is 0 Å². The predicted octanol–water partition coefficient (Wildman–Crippen LogP) is 14.9. The van der Waals surface area contributed by atoms with E-state index in [9.17, 15) is 0 Å². The fourth-order valence-electron chi connectivity index (χ4n) is 10.1. The highest BCUT2D eigenvalue weighted by molar-refractivity contribution is 6.17. The molecule has 0 fully saturated rings. The van der Waals surface area contributed by atoms with Gasteiger partial charge in [-0.2, -0.15) is 0 Å². The number of benzene rings is 9. The second-order valence-electron chi connectivity index (χ2n) is 15.4. The van der Waals surface area contributed by atoms with Gasteiger partial charge in [-0.25, -0.2) is 0 Å². The van der Waals surface area contributed by atoms with Crippen molar-refractivity contribution >= 4 is 54.7 Å². The lowest BCUT2D eigenvalue weighted by atomic mass is 9.66. The molecule has 0 N–H and O–H groups in total. The molecule has 3 aliphatic rings. The Bertz CT molecular complexity index is 3270. The minimum atomic E-state index is 0.189. The van der Waals surface area contributed by atoms with E-state index in [0.717, 1.165) is 6.42 Å². The Labute approximate surface area is 326 Å². The highest BCUT2D eigenvalue weighted by Crippen LogP contribution is 2.54. The van der Waals surface area contributed by atoms with E-state index in [2.05, 4.69) is 200 Å². The molecule has 0 heterocycles. The van der Waals surface area contributed by atoms with E-state index >= 15 is 0 Å². The molecule has 0 saturated heterocycles. The highest BCUT2D eigenvalue weighted by Gasteiger charge is 2.35. The Balaban J connectivity index is 1.02. The van der Waals surface area contributed by atoms with Crippen LogP contribution in [0.5, 0.6) is 0 Å². The normalized spacial score (nSPS) is 15.5. The van der Waals surface area contributed by atoms with Gasteiger partial charge in [-0.15, -0.1) is 0 Å². The van der Waals surface area contributed by atoms with Crippen molar-refractivity contribution in [3.05, 3.63) is 228 Å². The predicted molar refractivity (Wildman–Crippen MR) is 239 cm³/mol. The SMILES string of the molecule is C1=Cc2c(-c3ccccc3-c3cccc4ccc5ccccc5c34)ccc3c2C2C1=CC=C(c1ccccc1-c1cccc4ccc5ccccc5c14)C2=CC3. The minimum Gasteiger partial charge on any atom is -0.0753 e. The molecule has 260 valence electrons. The second-order valence-corrected chi connectivity index (χ2v) is 15.4. The zero-order chi connectivity index (χ0) is 36.7. The van der Waals surface area contributed by atoms with Crippen LogP contribution in [0.25, 0.3) is 88.1 Å². The van der Waals surface area contributed by atoms with E-state index in [0.29, 0.717) is 0 Å². The van der Waals surface area contributed by atoms with E-state index in [4.69, 9.17) is 0 Å². The van der Waals surface area contributed by atoms with Crippen LogP contribution in [0, 0.1) is 0 Å². The highest BCUT2D eigenvalue weighted by atomic mass is 14.4. The molecule has 0 aromatic heterocycles. The van der Waals surface area contributed by atoms with Gasteiger partial charge < -0.3 is 0 Å². The maximum absolute atomic E-state index is 2.51. The zero-order valence-electron chi connectivity index (χ0n) is 30.8. The summed E-state index contributed by atoms with van der Waals surface area (Å²) in [5.41, 5.74) is 17.3. The maximum atomic E-state index is 2.51. The van der Waals surface area contributed by atoms with Crippen LogP contribution in [0.3, 0.4) is 0 Å². The van der Waals surface area contributed by atoms with Crippen molar-refractivity contribution in [3.63, 3.8) is 0 Å². The van der Waals surface area contributed by atoms with Gasteiger partial charge in [0.15, 0.2) is 0 Å². The van der Waals surface area contributed by atoms with Gasteiger partial charge in [0.25, 0.3) is 0 Å². The first-order chi connectivity index (χ1) is 27.8. The molecule has 9 aromatic carbocycles. The Kier molecular flexibility index (Phi) is 6.86. The van der Waals surface area contributed by atoms with Crippen LogP contribution in [0.4, 0.5) is 0 Å². The molecule has 9 aromatic rings. The Morgan fingerprint density at radius 2 is 0.893 bits per heavy atom. The lowest BCUT2D eigenvalue weighted by molar-refractivity contribution is 0.899. The summed E-state index contributed by atoms with van der Waals surface area (Å²) < 4.78 is 0. The molecular weight excluding hydrogens is 673 g/mol. The van der Waals surface area contributed by atoms with Crippen LogP contribution in [0.2, 0.25) is 0 Å². The molecule has 0 nitrogen and oxygen atoms in total. The summed E-state index contributed by atoms with van der Waals surface area (Å²) in [6.45, 7) is 0. The second kappa shape index (κ2) is 12.2. The lowest BCUT2D eigenvalue weighted by Gasteiger charge is -2.37. The first-order valence-electron chi connectivity index (χ1n) is 19.8. The van der Waals surface area contributed by atoms with E-state index in [1.54, 1.807) is 0 Å². The largest absolute Gasteiger partial charge is 0.0753 e. The average molecular weight is 709 g/mol. The third kappa shape index (κ3) is 4.60. The van der Waals surface area contributed by atoms with Crippen molar-refractivity contribution in [2.45, 2.75) is 12.3 Å². The van der Waals surface area contributed by atoms with Crippen molar-refractivity contribution < 1.29 is 0 Å². The van der Waals surface area contributed by atoms with Gasteiger partial charge in [-0.1, -0.05) is 200 Å². The van der Waals surface area contributed by atoms with Crippen molar-refractivity contribution in [3.8, 4) is 33.4 Å². The van der Waals surface area contributed by atoms with Crippen LogP contribution in [0.1, 0.15) is 28.2 Å². The van der Waals surface area contributed by atoms with Crippen LogP contribution in [-0.4, -0.2) is 0 Å². The Morgan fingerprint density at radius 1 is 0.375 bits per heavy atom. The monoisotopic (exact) mass is 708 g/mol. The summed E-state index contributed by atoms with van der Waals surface area (Å²) in [5, 5.41) is 10.3. The van der Waals surface area contributed by atoms with E-state index in [1.165, 1.54) is 115 Å². The fraction of sp³-hybridized carbons (Fsp3) is 0.0357. The summed E-state index contributed by atoms with van der Waals surface area (Å²) in [4.78, 5) is 0. The summed E-state index contributed by atoms with van der Waals surface area (Å²) in [7, 11) is 0. The van der Waals surface area contributed by atoms with E-state index in [1.807, 2.05) is 0 Å². The fourth-order valence-corrected chi connectivity index (χ4v) is 10.1. The van der Waals surface area contributed by atoms with Crippen LogP contribution in [-0.2, 0) is 6.42 Å². The molecule has 0 spiro atoms. The smallest absolute Gasteiger partial charge is 0.0352 e. The Hall–Kier alpha value is -7.02. The first-order valence-corrected chi connectivity index (χ1v) is 19.8. The molecule has 56 heavy (non-hydrogen) atoms. The molecule has 0 heteroatoms. The standard InChI is InChI=1S/C56H36/c1-3-15-41-35(11-1)23-25-37-13-9-21-49(53(37)41)45-19-7-5-17-43(45)47-31-27-39-30-34-52-48(32-28-40-29-33-51(47)55(39)56(40)52)44-18-6-8-20-46(44)50-22-10-14-38-26-24-36-12-2-4-16-42(36)54(38)50/h1-29,31-34,56H,30H2. The topological polar surface area (TPSA) is 0 Å². The quantitative estimate of drug-likeness (QED) is 0.160. The van der Waals surface area contributed by atoms with E-state index < -0.39 is 0 Å². The van der Waals surface area contributed by atoms with Crippen LogP contribution in [0.15, 0.2) is 205 Å². The molecule has 0 radical (unpaired) electrons. The van der Waals surface area contributed by atoms with E-state index in [-0.39, 0.29) is 5.92 Å². The van der Waals surface area contributed by atoms with Gasteiger partial charge in [0.2, 0.25) is 0 Å². The molecule has 0 bridgehead atoms. The molecule has 12 rings (SSSR count).